The third-order valence-electron chi connectivity index (χ3n) is 2.69. The van der Waals surface area contributed by atoms with Crippen LogP contribution in [0.4, 0.5) is 10.1 Å². The molecule has 0 saturated carbocycles. The van der Waals surface area contributed by atoms with Gasteiger partial charge >= 0.3 is 0 Å². The number of nitrogen functional groups attached to an aromatic ring is 1. The van der Waals surface area contributed by atoms with Gasteiger partial charge in [-0.25, -0.2) is 12.8 Å². The van der Waals surface area contributed by atoms with E-state index in [1.807, 2.05) is 0 Å². The average Bonchev–Trinajstić information content (AvgIpc) is 2.32. The molecule has 3 N–H and O–H groups in total. The lowest BCUT2D eigenvalue weighted by Crippen LogP contribution is -2.38. The van der Waals surface area contributed by atoms with Crippen molar-refractivity contribution in [2.24, 2.45) is 0 Å². The summed E-state index contributed by atoms with van der Waals surface area (Å²) in [7, 11) is -3.79. The fourth-order valence-electron chi connectivity index (χ4n) is 1.69. The van der Waals surface area contributed by atoms with Gasteiger partial charge in [0, 0.05) is 19.2 Å². The fraction of sp³-hybridized carbons (Fsp3) is 0.500. The molecule has 0 aromatic heterocycles. The molecule has 0 saturated heterocycles. The molecule has 0 spiro atoms. The summed E-state index contributed by atoms with van der Waals surface area (Å²) in [6.45, 7) is 3.53. The average molecular weight is 290 g/mol. The standard InChI is InChI=1S/C12H19FN2O3S/c1-9(2)15(6-3-7-16)19(17,18)10-4-5-12(14)11(13)8-10/h4-5,8-9,16H,3,6-7,14H2,1-2H3. The van der Waals surface area contributed by atoms with Crippen molar-refractivity contribution in [1.82, 2.24) is 4.31 Å². The predicted octanol–water partition coefficient (Wildman–Crippen LogP) is 1.19. The first kappa shape index (κ1) is 15.9. The minimum atomic E-state index is -3.79. The number of anilines is 1. The van der Waals surface area contributed by atoms with Gasteiger partial charge in [0.05, 0.1) is 10.6 Å². The van der Waals surface area contributed by atoms with Crippen LogP contribution in [0, 0.1) is 5.82 Å². The summed E-state index contributed by atoms with van der Waals surface area (Å²) in [6.07, 6.45) is 0.328. The van der Waals surface area contributed by atoms with Crippen LogP contribution >= 0.6 is 0 Å². The molecule has 0 heterocycles. The summed E-state index contributed by atoms with van der Waals surface area (Å²) < 4.78 is 39.4. The second-order valence-electron chi connectivity index (χ2n) is 4.47. The van der Waals surface area contributed by atoms with E-state index >= 15 is 0 Å². The van der Waals surface area contributed by atoms with Crippen molar-refractivity contribution in [1.29, 1.82) is 0 Å². The Labute approximate surface area is 112 Å². The number of rotatable bonds is 6. The van der Waals surface area contributed by atoms with Crippen molar-refractivity contribution >= 4 is 15.7 Å². The van der Waals surface area contributed by atoms with Crippen molar-refractivity contribution in [2.75, 3.05) is 18.9 Å². The maximum absolute atomic E-state index is 13.4. The largest absolute Gasteiger partial charge is 0.396 e. The zero-order valence-electron chi connectivity index (χ0n) is 11.0. The summed E-state index contributed by atoms with van der Waals surface area (Å²) in [5.41, 5.74) is 5.24. The van der Waals surface area contributed by atoms with E-state index < -0.39 is 15.8 Å². The Balaban J connectivity index is 3.15. The van der Waals surface area contributed by atoms with E-state index in [1.54, 1.807) is 13.8 Å². The van der Waals surface area contributed by atoms with Gasteiger partial charge in [-0.05, 0) is 38.5 Å². The molecule has 19 heavy (non-hydrogen) atoms. The molecule has 0 aliphatic rings. The van der Waals surface area contributed by atoms with Crippen LogP contribution in [0.25, 0.3) is 0 Å². The maximum Gasteiger partial charge on any atom is 0.243 e. The first-order valence-corrected chi connectivity index (χ1v) is 7.42. The summed E-state index contributed by atoms with van der Waals surface area (Å²) >= 11 is 0. The monoisotopic (exact) mass is 290 g/mol. The first-order chi connectivity index (χ1) is 8.80. The molecule has 0 amide bonds. The third kappa shape index (κ3) is 3.65. The summed E-state index contributed by atoms with van der Waals surface area (Å²) in [4.78, 5) is -0.133. The zero-order chi connectivity index (χ0) is 14.6. The lowest BCUT2D eigenvalue weighted by atomic mass is 10.3. The van der Waals surface area contributed by atoms with Gasteiger partial charge in [0.25, 0.3) is 0 Å². The topological polar surface area (TPSA) is 83.6 Å². The normalized spacial score (nSPS) is 12.3. The van der Waals surface area contributed by atoms with Gasteiger partial charge in [0.1, 0.15) is 5.82 Å². The quantitative estimate of drug-likeness (QED) is 0.771. The number of aliphatic hydroxyl groups excluding tert-OH is 1. The molecule has 0 unspecified atom stereocenters. The summed E-state index contributed by atoms with van der Waals surface area (Å²) in [5, 5.41) is 8.82. The number of nitrogens with zero attached hydrogens (tertiary/aromatic N) is 1. The number of hydrogen-bond donors (Lipinski definition) is 2. The molecule has 7 heteroatoms. The molecular formula is C12H19FN2O3S. The second kappa shape index (κ2) is 6.31. The number of sulfonamides is 1. The van der Waals surface area contributed by atoms with E-state index in [1.165, 1.54) is 16.4 Å². The third-order valence-corrected chi connectivity index (χ3v) is 4.76. The van der Waals surface area contributed by atoms with Gasteiger partial charge in [-0.15, -0.1) is 0 Å². The van der Waals surface area contributed by atoms with Crippen LogP contribution in [0.5, 0.6) is 0 Å². The Bertz CT molecular complexity index is 532. The minimum absolute atomic E-state index is 0.0922. The number of nitrogens with two attached hydrogens (primary N) is 1. The minimum Gasteiger partial charge on any atom is -0.396 e. The van der Waals surface area contributed by atoms with Gasteiger partial charge in [0.2, 0.25) is 10.0 Å². The number of benzene rings is 1. The van der Waals surface area contributed by atoms with Crippen molar-refractivity contribution in [3.8, 4) is 0 Å². The molecule has 0 atom stereocenters. The van der Waals surface area contributed by atoms with Crippen LogP contribution in [0.1, 0.15) is 20.3 Å². The molecule has 0 aliphatic heterocycles. The van der Waals surface area contributed by atoms with E-state index in [2.05, 4.69) is 0 Å². The maximum atomic E-state index is 13.4. The second-order valence-corrected chi connectivity index (χ2v) is 6.36. The highest BCUT2D eigenvalue weighted by atomic mass is 32.2. The Morgan fingerprint density at radius 2 is 2.05 bits per heavy atom. The number of hydrogen-bond acceptors (Lipinski definition) is 4. The molecular weight excluding hydrogens is 271 g/mol. The smallest absolute Gasteiger partial charge is 0.243 e. The highest BCUT2D eigenvalue weighted by Crippen LogP contribution is 2.21. The number of aliphatic hydroxyl groups is 1. The molecule has 0 fully saturated rings. The molecule has 1 aromatic carbocycles. The number of halogens is 1. The molecule has 1 aromatic rings. The lowest BCUT2D eigenvalue weighted by Gasteiger charge is -2.25. The highest BCUT2D eigenvalue weighted by Gasteiger charge is 2.27. The molecule has 1 rings (SSSR count). The van der Waals surface area contributed by atoms with Gasteiger partial charge in [-0.2, -0.15) is 4.31 Å². The van der Waals surface area contributed by atoms with Gasteiger partial charge in [-0.1, -0.05) is 0 Å². The van der Waals surface area contributed by atoms with Gasteiger partial charge in [-0.3, -0.25) is 0 Å². The Hall–Kier alpha value is -1.18. The van der Waals surface area contributed by atoms with Crippen molar-refractivity contribution in [3.63, 3.8) is 0 Å². The van der Waals surface area contributed by atoms with Crippen LogP contribution in [-0.4, -0.2) is 37.0 Å². The molecule has 0 radical (unpaired) electrons. The molecule has 0 aliphatic carbocycles. The van der Waals surface area contributed by atoms with E-state index in [-0.39, 0.29) is 29.8 Å². The predicted molar refractivity (Wildman–Crippen MR) is 71.5 cm³/mol. The fourth-order valence-corrected chi connectivity index (χ4v) is 3.37. The Kier molecular flexibility index (Phi) is 5.28. The summed E-state index contributed by atoms with van der Waals surface area (Å²) in [6, 6.07) is 3.14. The van der Waals surface area contributed by atoms with E-state index in [0.717, 1.165) is 6.07 Å². The van der Waals surface area contributed by atoms with Crippen LogP contribution in [0.3, 0.4) is 0 Å². The summed E-state index contributed by atoms with van der Waals surface area (Å²) in [5.74, 6) is -0.757. The van der Waals surface area contributed by atoms with Crippen LogP contribution in [-0.2, 0) is 10.0 Å². The highest BCUT2D eigenvalue weighted by molar-refractivity contribution is 7.89. The van der Waals surface area contributed by atoms with Crippen molar-refractivity contribution in [2.45, 2.75) is 31.2 Å². The lowest BCUT2D eigenvalue weighted by molar-refractivity contribution is 0.258. The van der Waals surface area contributed by atoms with Gasteiger partial charge < -0.3 is 10.8 Å². The molecule has 108 valence electrons. The Morgan fingerprint density at radius 3 is 2.53 bits per heavy atom. The van der Waals surface area contributed by atoms with Crippen LogP contribution in [0.2, 0.25) is 0 Å². The van der Waals surface area contributed by atoms with Gasteiger partial charge in [0.15, 0.2) is 0 Å². The van der Waals surface area contributed by atoms with E-state index in [4.69, 9.17) is 10.8 Å². The van der Waals surface area contributed by atoms with E-state index in [9.17, 15) is 12.8 Å². The van der Waals surface area contributed by atoms with E-state index in [0.29, 0.717) is 6.42 Å². The Morgan fingerprint density at radius 1 is 1.42 bits per heavy atom. The van der Waals surface area contributed by atoms with Crippen molar-refractivity contribution < 1.29 is 17.9 Å². The SMILES string of the molecule is CC(C)N(CCCO)S(=O)(=O)c1ccc(N)c(F)c1. The zero-order valence-corrected chi connectivity index (χ0v) is 11.8. The van der Waals surface area contributed by atoms with Crippen molar-refractivity contribution in [3.05, 3.63) is 24.0 Å². The molecule has 5 nitrogen and oxygen atoms in total. The van der Waals surface area contributed by atoms with Crippen LogP contribution in [0.15, 0.2) is 23.1 Å². The first-order valence-electron chi connectivity index (χ1n) is 5.98. The van der Waals surface area contributed by atoms with Crippen LogP contribution < -0.4 is 5.73 Å². The molecule has 0 bridgehead atoms.